The van der Waals surface area contributed by atoms with Crippen LogP contribution in [0.5, 0.6) is 0 Å². The van der Waals surface area contributed by atoms with Crippen LogP contribution in [0.25, 0.3) is 0 Å². The summed E-state index contributed by atoms with van der Waals surface area (Å²) in [5.41, 5.74) is 2.24. The Morgan fingerprint density at radius 1 is 1.50 bits per heavy atom. The maximum Gasteiger partial charge on any atom is 0.293 e. The molecule has 2 aromatic heterocycles. The molecule has 1 aliphatic heterocycles. The molecule has 1 N–H and O–H groups in total. The third-order valence-corrected chi connectivity index (χ3v) is 4.80. The molecule has 0 radical (unpaired) electrons. The van der Waals surface area contributed by atoms with Crippen molar-refractivity contribution >= 4 is 23.1 Å². The van der Waals surface area contributed by atoms with Gasteiger partial charge in [0.15, 0.2) is 5.82 Å². The number of hydrogen-bond donors (Lipinski definition) is 1. The maximum absolute atomic E-state index is 12.6. The largest absolute Gasteiger partial charge is 0.373 e. The first-order chi connectivity index (χ1) is 11.6. The van der Waals surface area contributed by atoms with Crippen molar-refractivity contribution in [3.05, 3.63) is 38.8 Å². The van der Waals surface area contributed by atoms with Crippen molar-refractivity contribution in [3.63, 3.8) is 0 Å². The minimum absolute atomic E-state index is 0.0166. The minimum atomic E-state index is -0.193. The Morgan fingerprint density at radius 2 is 2.33 bits per heavy atom. The Hall–Kier alpha value is -2.26. The second kappa shape index (κ2) is 7.10. The summed E-state index contributed by atoms with van der Waals surface area (Å²) in [4.78, 5) is 35.1. The molecule has 1 saturated heterocycles. The van der Waals surface area contributed by atoms with Crippen molar-refractivity contribution < 1.29 is 9.53 Å². The highest BCUT2D eigenvalue weighted by Gasteiger charge is 2.27. The molecule has 24 heavy (non-hydrogen) atoms. The fraction of sp³-hybridized carbons (Fsp3) is 0.467. The zero-order chi connectivity index (χ0) is 17.1. The Labute approximate surface area is 143 Å². The SMILES string of the molecule is Cc1ncsc1C(=O)N1CCO[C@H](CNc2nccn(C)c2=O)C1. The second-order valence-electron chi connectivity index (χ2n) is 5.58. The third kappa shape index (κ3) is 3.46. The number of carbonyl (C=O) groups is 1. The van der Waals surface area contributed by atoms with Crippen LogP contribution in [0.15, 0.2) is 22.7 Å². The van der Waals surface area contributed by atoms with Crippen molar-refractivity contribution in [1.82, 2.24) is 19.4 Å². The molecule has 0 unspecified atom stereocenters. The van der Waals surface area contributed by atoms with Crippen LogP contribution in [0.2, 0.25) is 0 Å². The minimum Gasteiger partial charge on any atom is -0.373 e. The van der Waals surface area contributed by atoms with Crippen LogP contribution < -0.4 is 10.9 Å². The molecule has 1 amide bonds. The van der Waals surface area contributed by atoms with Crippen LogP contribution in [0.3, 0.4) is 0 Å². The van der Waals surface area contributed by atoms with Crippen molar-refractivity contribution in [2.24, 2.45) is 7.05 Å². The van der Waals surface area contributed by atoms with Gasteiger partial charge in [0.25, 0.3) is 11.5 Å². The smallest absolute Gasteiger partial charge is 0.293 e. The number of rotatable bonds is 4. The molecular weight excluding hydrogens is 330 g/mol. The predicted octanol–water partition coefficient (Wildman–Crippen LogP) is 0.498. The number of carbonyl (C=O) groups excluding carboxylic acids is 1. The maximum atomic E-state index is 12.6. The third-order valence-electron chi connectivity index (χ3n) is 3.88. The monoisotopic (exact) mass is 349 g/mol. The lowest BCUT2D eigenvalue weighted by Gasteiger charge is -2.32. The molecule has 8 nitrogen and oxygen atoms in total. The molecule has 1 fully saturated rings. The van der Waals surface area contributed by atoms with Crippen molar-refractivity contribution in [1.29, 1.82) is 0 Å². The normalized spacial score (nSPS) is 17.8. The van der Waals surface area contributed by atoms with E-state index >= 15 is 0 Å². The highest BCUT2D eigenvalue weighted by Crippen LogP contribution is 2.17. The van der Waals surface area contributed by atoms with Gasteiger partial charge in [-0.25, -0.2) is 9.97 Å². The summed E-state index contributed by atoms with van der Waals surface area (Å²) in [6.07, 6.45) is 2.97. The summed E-state index contributed by atoms with van der Waals surface area (Å²) in [7, 11) is 1.67. The lowest BCUT2D eigenvalue weighted by Crippen LogP contribution is -2.48. The molecule has 0 aromatic carbocycles. The fourth-order valence-corrected chi connectivity index (χ4v) is 3.28. The van der Waals surface area contributed by atoms with Crippen molar-refractivity contribution in [2.75, 3.05) is 31.6 Å². The molecule has 1 atom stereocenters. The highest BCUT2D eigenvalue weighted by atomic mass is 32.1. The Kier molecular flexibility index (Phi) is 4.91. The Morgan fingerprint density at radius 3 is 3.08 bits per heavy atom. The van der Waals surface area contributed by atoms with Gasteiger partial charge in [0.2, 0.25) is 0 Å². The first kappa shape index (κ1) is 16.6. The number of ether oxygens (including phenoxy) is 1. The molecule has 0 aliphatic carbocycles. The molecule has 0 bridgehead atoms. The average Bonchev–Trinajstić information content (AvgIpc) is 3.02. The van der Waals surface area contributed by atoms with Gasteiger partial charge in [0.05, 0.1) is 23.9 Å². The molecule has 128 valence electrons. The number of hydrogen-bond acceptors (Lipinski definition) is 7. The van der Waals surface area contributed by atoms with E-state index in [0.717, 1.165) is 5.69 Å². The zero-order valence-electron chi connectivity index (χ0n) is 13.6. The van der Waals surface area contributed by atoms with E-state index in [-0.39, 0.29) is 23.4 Å². The molecule has 0 saturated carbocycles. The van der Waals surface area contributed by atoms with Gasteiger partial charge < -0.3 is 19.5 Å². The van der Waals surface area contributed by atoms with Crippen LogP contribution in [0.1, 0.15) is 15.4 Å². The van der Waals surface area contributed by atoms with Gasteiger partial charge in [-0.15, -0.1) is 11.3 Å². The number of morpholine rings is 1. The number of nitrogens with zero attached hydrogens (tertiary/aromatic N) is 4. The summed E-state index contributed by atoms with van der Waals surface area (Å²) >= 11 is 1.35. The van der Waals surface area contributed by atoms with E-state index in [1.165, 1.54) is 15.9 Å². The van der Waals surface area contributed by atoms with Gasteiger partial charge in [0, 0.05) is 39.1 Å². The number of nitrogens with one attached hydrogen (secondary N) is 1. The van der Waals surface area contributed by atoms with Gasteiger partial charge in [-0.2, -0.15) is 0 Å². The summed E-state index contributed by atoms with van der Waals surface area (Å²) in [6, 6.07) is 0. The summed E-state index contributed by atoms with van der Waals surface area (Å²) < 4.78 is 7.15. The van der Waals surface area contributed by atoms with Gasteiger partial charge in [0.1, 0.15) is 4.88 Å². The lowest BCUT2D eigenvalue weighted by atomic mass is 10.2. The fourth-order valence-electron chi connectivity index (χ4n) is 2.51. The lowest BCUT2D eigenvalue weighted by molar-refractivity contribution is -0.0148. The van der Waals surface area contributed by atoms with E-state index in [4.69, 9.17) is 4.74 Å². The summed E-state index contributed by atoms with van der Waals surface area (Å²) in [5.74, 6) is 0.266. The van der Waals surface area contributed by atoms with Gasteiger partial charge in [-0.3, -0.25) is 9.59 Å². The molecule has 0 spiro atoms. The van der Waals surface area contributed by atoms with Gasteiger partial charge >= 0.3 is 0 Å². The molecule has 3 heterocycles. The number of aromatic nitrogens is 3. The standard InChI is InChI=1S/C15H19N5O3S/c1-10-12(24-9-18-10)14(21)20-5-6-23-11(8-20)7-17-13-15(22)19(2)4-3-16-13/h3-4,9,11H,5-8H2,1-2H3,(H,16,17)/t11-/m1/s1. The van der Waals surface area contributed by atoms with E-state index in [9.17, 15) is 9.59 Å². The van der Waals surface area contributed by atoms with Gasteiger partial charge in [-0.05, 0) is 6.92 Å². The summed E-state index contributed by atoms with van der Waals surface area (Å²) in [6.45, 7) is 3.74. The van der Waals surface area contributed by atoms with Crippen LogP contribution in [0, 0.1) is 6.92 Å². The van der Waals surface area contributed by atoms with Crippen LogP contribution in [-0.4, -0.2) is 57.7 Å². The van der Waals surface area contributed by atoms with Crippen LogP contribution in [-0.2, 0) is 11.8 Å². The Bertz CT molecular complexity index is 787. The number of anilines is 1. The van der Waals surface area contributed by atoms with Crippen molar-refractivity contribution in [3.8, 4) is 0 Å². The van der Waals surface area contributed by atoms with Crippen molar-refractivity contribution in [2.45, 2.75) is 13.0 Å². The number of thiazole rings is 1. The van der Waals surface area contributed by atoms with Crippen LogP contribution >= 0.6 is 11.3 Å². The molecule has 9 heteroatoms. The van der Waals surface area contributed by atoms with E-state index in [0.29, 0.717) is 31.1 Å². The quantitative estimate of drug-likeness (QED) is 0.864. The van der Waals surface area contributed by atoms with Gasteiger partial charge in [-0.1, -0.05) is 0 Å². The predicted molar refractivity (Wildman–Crippen MR) is 90.5 cm³/mol. The van der Waals surface area contributed by atoms with E-state index in [2.05, 4.69) is 15.3 Å². The first-order valence-corrected chi connectivity index (χ1v) is 8.50. The molecule has 1 aliphatic rings. The van der Waals surface area contributed by atoms with E-state index < -0.39 is 0 Å². The number of aryl methyl sites for hydroxylation is 2. The number of amides is 1. The van der Waals surface area contributed by atoms with Crippen LogP contribution in [0.4, 0.5) is 5.82 Å². The zero-order valence-corrected chi connectivity index (χ0v) is 14.4. The molecule has 3 rings (SSSR count). The average molecular weight is 349 g/mol. The summed E-state index contributed by atoms with van der Waals surface area (Å²) in [5, 5.41) is 3.01. The van der Waals surface area contributed by atoms with E-state index in [1.54, 1.807) is 29.9 Å². The second-order valence-corrected chi connectivity index (χ2v) is 6.44. The van der Waals surface area contributed by atoms with E-state index in [1.807, 2.05) is 6.92 Å². The first-order valence-electron chi connectivity index (χ1n) is 7.62. The topological polar surface area (TPSA) is 89.3 Å². The molecule has 2 aromatic rings. The molecular formula is C15H19N5O3S. The Balaban J connectivity index is 1.62. The highest BCUT2D eigenvalue weighted by molar-refractivity contribution is 7.11.